The molecule has 9 N–H and O–H groups in total. The number of benzene rings is 1. The predicted octanol–water partition coefficient (Wildman–Crippen LogP) is 9.03. The zero-order valence-corrected chi connectivity index (χ0v) is 41.7. The Labute approximate surface area is 410 Å². The lowest BCUT2D eigenvalue weighted by Gasteiger charge is -2.30. The first-order valence-corrected chi connectivity index (χ1v) is 24.2. The topological polar surface area (TPSA) is 231 Å². The average Bonchev–Trinajstić information content (AvgIpc) is 3.80. The van der Waals surface area contributed by atoms with Crippen LogP contribution in [0.1, 0.15) is 102 Å². The van der Waals surface area contributed by atoms with Crippen LogP contribution in [0.5, 0.6) is 0 Å². The van der Waals surface area contributed by atoms with Gasteiger partial charge in [-0.1, -0.05) is 20.3 Å². The van der Waals surface area contributed by atoms with Crippen LogP contribution < -0.4 is 31.9 Å². The summed E-state index contributed by atoms with van der Waals surface area (Å²) in [7, 11) is 0. The summed E-state index contributed by atoms with van der Waals surface area (Å²) < 4.78 is 43.4. The summed E-state index contributed by atoms with van der Waals surface area (Å²) in [6, 6.07) is 16.4. The lowest BCUT2D eigenvalue weighted by atomic mass is 9.86. The van der Waals surface area contributed by atoms with E-state index in [0.29, 0.717) is 39.9 Å². The van der Waals surface area contributed by atoms with Crippen molar-refractivity contribution in [2.24, 2.45) is 5.92 Å². The summed E-state index contributed by atoms with van der Waals surface area (Å²) in [5.74, 6) is 0.600. The molecule has 1 aliphatic carbocycles. The third-order valence-corrected chi connectivity index (χ3v) is 11.9. The second-order valence-electron chi connectivity index (χ2n) is 18.5. The molecule has 20 heteroatoms. The van der Waals surface area contributed by atoms with E-state index in [1.54, 1.807) is 47.3 Å². The van der Waals surface area contributed by atoms with Gasteiger partial charge in [-0.2, -0.15) is 0 Å². The fraction of sp³-hybridized carbons (Fsp3) is 0.460. The van der Waals surface area contributed by atoms with Crippen molar-refractivity contribution < 1.29 is 38.1 Å². The van der Waals surface area contributed by atoms with Crippen LogP contribution in [0.25, 0.3) is 21.3 Å². The zero-order valence-electron chi connectivity index (χ0n) is 40.9. The molecule has 1 aliphatic rings. The number of alkyl halides is 3. The zero-order chi connectivity index (χ0) is 51.2. The van der Waals surface area contributed by atoms with Crippen molar-refractivity contribution >= 4 is 78.9 Å². The SMILES string of the molecule is CC.CC(C)(F)CNc1cc(Nc2ccc3ncccc3n2)ncc1C(=O)NC[C@@H](F)C(C)(C)O.CC(C)(O)[C@H](F)CNC(=O)c1cnc(Nc2ccc3ncsc3c2)cc1NC1CCCC(CO)C1. The van der Waals surface area contributed by atoms with E-state index in [-0.39, 0.29) is 43.8 Å². The van der Waals surface area contributed by atoms with Gasteiger partial charge in [0.1, 0.15) is 35.5 Å². The van der Waals surface area contributed by atoms with Gasteiger partial charge in [0.2, 0.25) is 0 Å². The van der Waals surface area contributed by atoms with Crippen LogP contribution in [-0.2, 0) is 0 Å². The van der Waals surface area contributed by atoms with Gasteiger partial charge in [0, 0.05) is 55.6 Å². The first-order valence-electron chi connectivity index (χ1n) is 23.3. The number of halogens is 3. The highest BCUT2D eigenvalue weighted by molar-refractivity contribution is 7.16. The number of anilines is 6. The molecule has 5 heterocycles. The molecular formula is C50H66F3N11O5S. The van der Waals surface area contributed by atoms with E-state index in [1.807, 2.05) is 44.2 Å². The van der Waals surface area contributed by atoms with Gasteiger partial charge in [-0.15, -0.1) is 11.3 Å². The summed E-state index contributed by atoms with van der Waals surface area (Å²) >= 11 is 1.55. The van der Waals surface area contributed by atoms with Gasteiger partial charge < -0.3 is 47.2 Å². The van der Waals surface area contributed by atoms with Crippen molar-refractivity contribution in [3.8, 4) is 0 Å². The van der Waals surface area contributed by atoms with Crippen LogP contribution in [0, 0.1) is 5.92 Å². The third kappa shape index (κ3) is 16.2. The predicted molar refractivity (Wildman–Crippen MR) is 273 cm³/mol. The van der Waals surface area contributed by atoms with Crippen molar-refractivity contribution in [3.63, 3.8) is 0 Å². The second-order valence-corrected chi connectivity index (χ2v) is 19.4. The van der Waals surface area contributed by atoms with Crippen LogP contribution in [-0.4, -0.2) is 114 Å². The Balaban J connectivity index is 0.000000252. The van der Waals surface area contributed by atoms with E-state index in [2.05, 4.69) is 56.8 Å². The molecule has 378 valence electrons. The molecule has 4 atom stereocenters. The van der Waals surface area contributed by atoms with Gasteiger partial charge in [0.15, 0.2) is 0 Å². The van der Waals surface area contributed by atoms with Crippen molar-refractivity contribution in [1.82, 2.24) is 35.6 Å². The number of aromatic nitrogens is 5. The number of carbonyl (C=O) groups is 2. The highest BCUT2D eigenvalue weighted by Gasteiger charge is 2.29. The number of aliphatic hydroxyl groups excluding tert-OH is 1. The van der Waals surface area contributed by atoms with Crippen molar-refractivity contribution in [2.45, 2.75) is 116 Å². The van der Waals surface area contributed by atoms with Gasteiger partial charge in [0.25, 0.3) is 11.8 Å². The number of fused-ring (bicyclic) bond motifs is 2. The summed E-state index contributed by atoms with van der Waals surface area (Å²) in [5.41, 5.74) is 1.63. The third-order valence-electron chi connectivity index (χ3n) is 11.1. The Morgan fingerprint density at radius 3 is 2.00 bits per heavy atom. The van der Waals surface area contributed by atoms with Crippen LogP contribution in [0.3, 0.4) is 0 Å². The smallest absolute Gasteiger partial charge is 0.255 e. The maximum Gasteiger partial charge on any atom is 0.255 e. The van der Waals surface area contributed by atoms with Crippen LogP contribution in [0.15, 0.2) is 78.7 Å². The van der Waals surface area contributed by atoms with Gasteiger partial charge >= 0.3 is 0 Å². The Bertz CT molecular complexity index is 2660. The number of pyridine rings is 4. The Hall–Kier alpha value is -6.22. The maximum absolute atomic E-state index is 14.2. The molecule has 2 unspecified atom stereocenters. The average molecular weight is 990 g/mol. The molecule has 1 aromatic carbocycles. The number of hydrogen-bond donors (Lipinski definition) is 9. The maximum atomic E-state index is 14.2. The first-order chi connectivity index (χ1) is 33.1. The number of rotatable bonds is 18. The monoisotopic (exact) mass is 989 g/mol. The molecule has 1 fully saturated rings. The lowest BCUT2D eigenvalue weighted by Crippen LogP contribution is -2.42. The van der Waals surface area contributed by atoms with Crippen LogP contribution >= 0.6 is 11.3 Å². The molecule has 0 bridgehead atoms. The summed E-state index contributed by atoms with van der Waals surface area (Å²) in [4.78, 5) is 47.3. The number of thiazole rings is 1. The standard InChI is InChI=1S/C25H32FN5O3S.C23H28F2N6O2.C2H6/c1-25(2,34)22(26)12-28-24(33)18-11-27-23(31-17-6-7-19-21(9-17)35-14-29-19)10-20(18)30-16-5-3-4-15(8-16)13-32;1-22(2,25)13-29-17-10-20(31-19-8-7-15-16(30-19)6-5-9-26-15)27-11-14(17)21(32)28-12-18(24)23(3,4)33;1-2/h6-7,9-11,14-16,22,32,34H,3-5,8,12-13H2,1-2H3,(H,28,33)(H2,27,30,31);5-11,18,33H,12-13H2,1-4H3,(H,28,32)(H2,27,29,30,31);1-2H3/t15?,16?,22-;18-;/m11./s1. The normalized spacial score (nSPS) is 15.9. The summed E-state index contributed by atoms with van der Waals surface area (Å²) in [6.07, 6.45) is 4.89. The van der Waals surface area contributed by atoms with E-state index in [0.717, 1.165) is 47.1 Å². The minimum absolute atomic E-state index is 0.0635. The van der Waals surface area contributed by atoms with Crippen molar-refractivity contribution in [1.29, 1.82) is 0 Å². The number of aliphatic hydroxyl groups is 3. The first kappa shape index (κ1) is 54.7. The minimum atomic E-state index is -1.66. The molecule has 0 spiro atoms. The molecule has 7 rings (SSSR count). The Kier molecular flexibility index (Phi) is 19.2. The van der Waals surface area contributed by atoms with Crippen LogP contribution in [0.4, 0.5) is 47.7 Å². The Morgan fingerprint density at radius 2 is 1.37 bits per heavy atom. The number of nitrogens with one attached hydrogen (secondary N) is 6. The van der Waals surface area contributed by atoms with E-state index in [4.69, 9.17) is 0 Å². The van der Waals surface area contributed by atoms with Crippen molar-refractivity contribution in [3.05, 3.63) is 89.8 Å². The molecular weight excluding hydrogens is 924 g/mol. The fourth-order valence-corrected chi connectivity index (χ4v) is 7.80. The lowest BCUT2D eigenvalue weighted by molar-refractivity contribution is -0.00209. The highest BCUT2D eigenvalue weighted by atomic mass is 32.1. The molecule has 0 aliphatic heterocycles. The molecule has 70 heavy (non-hydrogen) atoms. The summed E-state index contributed by atoms with van der Waals surface area (Å²) in [6.45, 7) is 11.6. The van der Waals surface area contributed by atoms with Gasteiger partial charge in [-0.3, -0.25) is 14.6 Å². The van der Waals surface area contributed by atoms with E-state index in [1.165, 1.54) is 53.9 Å². The molecule has 0 radical (unpaired) electrons. The highest BCUT2D eigenvalue weighted by Crippen LogP contribution is 2.31. The summed E-state index contributed by atoms with van der Waals surface area (Å²) in [5, 5.41) is 46.9. The van der Waals surface area contributed by atoms with E-state index >= 15 is 0 Å². The van der Waals surface area contributed by atoms with E-state index in [9.17, 15) is 38.1 Å². The van der Waals surface area contributed by atoms with Gasteiger partial charge in [-0.25, -0.2) is 33.1 Å². The molecule has 2 amide bonds. The quantitative estimate of drug-likeness (QED) is 0.0391. The van der Waals surface area contributed by atoms with Crippen molar-refractivity contribution in [2.75, 3.05) is 47.5 Å². The van der Waals surface area contributed by atoms with Crippen LogP contribution in [0.2, 0.25) is 0 Å². The Morgan fingerprint density at radius 1 is 0.757 bits per heavy atom. The molecule has 6 aromatic rings. The number of carbonyl (C=O) groups excluding carboxylic acids is 2. The second kappa shape index (κ2) is 24.6. The molecule has 5 aromatic heterocycles. The molecule has 16 nitrogen and oxygen atoms in total. The van der Waals surface area contributed by atoms with E-state index < -0.39 is 41.0 Å². The van der Waals surface area contributed by atoms with Gasteiger partial charge in [0.05, 0.1) is 73.6 Å². The fourth-order valence-electron chi connectivity index (χ4n) is 7.08. The number of amides is 2. The number of nitrogens with zero attached hydrogens (tertiary/aromatic N) is 5. The largest absolute Gasteiger partial charge is 0.396 e. The molecule has 0 saturated heterocycles. The number of hydrogen-bond acceptors (Lipinski definition) is 15. The minimum Gasteiger partial charge on any atom is -0.396 e. The van der Waals surface area contributed by atoms with Gasteiger partial charge in [-0.05, 0) is 109 Å². The molecule has 1 saturated carbocycles.